The normalized spacial score (nSPS) is 20.4. The fourth-order valence-electron chi connectivity index (χ4n) is 2.33. The lowest BCUT2D eigenvalue weighted by molar-refractivity contribution is -0.191. The van der Waals surface area contributed by atoms with Gasteiger partial charge in [0, 0.05) is 13.0 Å². The fourth-order valence-corrected chi connectivity index (χ4v) is 2.33. The Morgan fingerprint density at radius 1 is 1.35 bits per heavy atom. The molecular weight excluding hydrogens is 256 g/mol. The highest BCUT2D eigenvalue weighted by atomic mass is 16.7. The van der Waals surface area contributed by atoms with E-state index in [1.807, 2.05) is 24.3 Å². The zero-order chi connectivity index (χ0) is 14.4. The number of methoxy groups -OCH3 is 1. The van der Waals surface area contributed by atoms with Crippen LogP contribution in [-0.2, 0) is 14.3 Å². The Balaban J connectivity index is 2.06. The van der Waals surface area contributed by atoms with Crippen LogP contribution >= 0.6 is 0 Å². The van der Waals surface area contributed by atoms with Gasteiger partial charge in [-0.1, -0.05) is 12.1 Å². The van der Waals surface area contributed by atoms with Gasteiger partial charge in [0.15, 0.2) is 6.29 Å². The minimum absolute atomic E-state index is 0.113. The van der Waals surface area contributed by atoms with E-state index in [1.54, 1.807) is 14.0 Å². The summed E-state index contributed by atoms with van der Waals surface area (Å²) < 4.78 is 16.7. The summed E-state index contributed by atoms with van der Waals surface area (Å²) in [6.07, 6.45) is 3.01. The quantitative estimate of drug-likeness (QED) is 0.801. The first-order valence-electron chi connectivity index (χ1n) is 7.09. The molecule has 20 heavy (non-hydrogen) atoms. The largest absolute Gasteiger partial charge is 0.497 e. The molecule has 0 radical (unpaired) electrons. The first-order valence-corrected chi connectivity index (χ1v) is 7.09. The summed E-state index contributed by atoms with van der Waals surface area (Å²) in [7, 11) is 1.63. The molecule has 2 atom stereocenters. The van der Waals surface area contributed by atoms with E-state index >= 15 is 0 Å². The second-order valence-electron chi connectivity index (χ2n) is 5.10. The Hall–Kier alpha value is -1.39. The van der Waals surface area contributed by atoms with Crippen LogP contribution in [0.15, 0.2) is 24.3 Å². The zero-order valence-electron chi connectivity index (χ0n) is 12.1. The summed E-state index contributed by atoms with van der Waals surface area (Å²) in [5, 5.41) is 0. The van der Waals surface area contributed by atoms with Gasteiger partial charge in [-0.15, -0.1) is 0 Å². The first kappa shape index (κ1) is 15.0. The summed E-state index contributed by atoms with van der Waals surface area (Å²) in [5.74, 6) is 0.908. The number of ketones is 1. The predicted octanol–water partition coefficient (Wildman–Crippen LogP) is 3.26. The maximum Gasteiger partial charge on any atom is 0.158 e. The Morgan fingerprint density at radius 3 is 2.65 bits per heavy atom. The monoisotopic (exact) mass is 278 g/mol. The third-order valence-electron chi connectivity index (χ3n) is 3.41. The third-order valence-corrected chi connectivity index (χ3v) is 3.41. The molecule has 0 aromatic heterocycles. The summed E-state index contributed by atoms with van der Waals surface area (Å²) >= 11 is 0. The summed E-state index contributed by atoms with van der Waals surface area (Å²) in [6.45, 7) is 2.32. The molecule has 1 fully saturated rings. The molecule has 1 aliphatic rings. The van der Waals surface area contributed by atoms with Crippen LogP contribution in [0, 0.1) is 0 Å². The van der Waals surface area contributed by atoms with Crippen molar-refractivity contribution in [2.45, 2.75) is 45.0 Å². The number of hydrogen-bond acceptors (Lipinski definition) is 4. The second-order valence-corrected chi connectivity index (χ2v) is 5.10. The molecule has 1 aliphatic heterocycles. The lowest BCUT2D eigenvalue weighted by atomic mass is 10.0. The standard InChI is InChI=1S/C16H22O4/c1-12(17)11-15(20-16-5-3-4-10-19-16)13-6-8-14(18-2)9-7-13/h6-9,15-16H,3-5,10-11H2,1-2H3. The van der Waals surface area contributed by atoms with Crippen LogP contribution < -0.4 is 4.74 Å². The first-order chi connectivity index (χ1) is 9.69. The summed E-state index contributed by atoms with van der Waals surface area (Å²) in [6, 6.07) is 7.64. The zero-order valence-corrected chi connectivity index (χ0v) is 12.1. The van der Waals surface area contributed by atoms with Gasteiger partial charge in [0.2, 0.25) is 0 Å². The molecule has 2 rings (SSSR count). The van der Waals surface area contributed by atoms with Crippen molar-refractivity contribution < 1.29 is 19.0 Å². The van der Waals surface area contributed by atoms with Crippen LogP contribution in [0.25, 0.3) is 0 Å². The molecule has 1 aromatic rings. The maximum absolute atomic E-state index is 11.4. The number of carbonyl (C=O) groups excluding carboxylic acids is 1. The van der Waals surface area contributed by atoms with Crippen molar-refractivity contribution in [2.75, 3.05) is 13.7 Å². The van der Waals surface area contributed by atoms with Crippen molar-refractivity contribution in [3.63, 3.8) is 0 Å². The molecule has 2 unspecified atom stereocenters. The summed E-state index contributed by atoms with van der Waals surface area (Å²) in [4.78, 5) is 11.4. The van der Waals surface area contributed by atoms with E-state index in [0.717, 1.165) is 37.2 Å². The highest BCUT2D eigenvalue weighted by molar-refractivity contribution is 5.76. The molecule has 1 saturated heterocycles. The van der Waals surface area contributed by atoms with Crippen LogP contribution in [0.2, 0.25) is 0 Å². The fraction of sp³-hybridized carbons (Fsp3) is 0.562. The highest BCUT2D eigenvalue weighted by Crippen LogP contribution is 2.28. The Labute approximate surface area is 120 Å². The van der Waals surface area contributed by atoms with Gasteiger partial charge in [0.25, 0.3) is 0 Å². The Morgan fingerprint density at radius 2 is 2.10 bits per heavy atom. The van der Waals surface area contributed by atoms with Gasteiger partial charge in [-0.25, -0.2) is 0 Å². The molecule has 0 N–H and O–H groups in total. The van der Waals surface area contributed by atoms with Crippen molar-refractivity contribution in [3.8, 4) is 5.75 Å². The number of rotatable bonds is 6. The SMILES string of the molecule is COc1ccc(C(CC(C)=O)OC2CCCCO2)cc1. The molecular formula is C16H22O4. The van der Waals surface area contributed by atoms with E-state index in [0.29, 0.717) is 6.42 Å². The average molecular weight is 278 g/mol. The Kier molecular flexibility index (Phi) is 5.56. The minimum atomic E-state index is -0.249. The van der Waals surface area contributed by atoms with Crippen LogP contribution in [0.4, 0.5) is 0 Å². The molecule has 0 saturated carbocycles. The highest BCUT2D eigenvalue weighted by Gasteiger charge is 2.22. The maximum atomic E-state index is 11.4. The van der Waals surface area contributed by atoms with E-state index in [2.05, 4.69) is 0 Å². The van der Waals surface area contributed by atoms with Gasteiger partial charge in [-0.3, -0.25) is 4.79 Å². The number of ether oxygens (including phenoxy) is 3. The van der Waals surface area contributed by atoms with Crippen molar-refractivity contribution in [1.29, 1.82) is 0 Å². The second kappa shape index (κ2) is 7.41. The van der Waals surface area contributed by atoms with Crippen molar-refractivity contribution in [3.05, 3.63) is 29.8 Å². The van der Waals surface area contributed by atoms with Crippen molar-refractivity contribution in [1.82, 2.24) is 0 Å². The molecule has 4 nitrogen and oxygen atoms in total. The Bertz CT molecular complexity index is 421. The van der Waals surface area contributed by atoms with Gasteiger partial charge in [0.1, 0.15) is 11.5 Å². The van der Waals surface area contributed by atoms with Crippen LogP contribution in [0.5, 0.6) is 5.75 Å². The predicted molar refractivity (Wildman–Crippen MR) is 75.7 cm³/mol. The van der Waals surface area contributed by atoms with E-state index in [1.165, 1.54) is 0 Å². The van der Waals surface area contributed by atoms with E-state index in [4.69, 9.17) is 14.2 Å². The smallest absolute Gasteiger partial charge is 0.158 e. The topological polar surface area (TPSA) is 44.8 Å². The molecule has 1 aromatic carbocycles. The number of carbonyl (C=O) groups is 1. The number of hydrogen-bond donors (Lipinski definition) is 0. The van der Waals surface area contributed by atoms with Gasteiger partial charge < -0.3 is 14.2 Å². The minimum Gasteiger partial charge on any atom is -0.497 e. The molecule has 0 aliphatic carbocycles. The van der Waals surface area contributed by atoms with E-state index in [9.17, 15) is 4.79 Å². The van der Waals surface area contributed by atoms with Gasteiger partial charge in [-0.2, -0.15) is 0 Å². The number of benzene rings is 1. The van der Waals surface area contributed by atoms with Crippen molar-refractivity contribution >= 4 is 5.78 Å². The van der Waals surface area contributed by atoms with Crippen LogP contribution in [0.1, 0.15) is 44.3 Å². The molecule has 4 heteroatoms. The average Bonchev–Trinajstić information content (AvgIpc) is 2.47. The lowest BCUT2D eigenvalue weighted by Crippen LogP contribution is -2.25. The van der Waals surface area contributed by atoms with Gasteiger partial charge in [0.05, 0.1) is 13.2 Å². The third kappa shape index (κ3) is 4.32. The van der Waals surface area contributed by atoms with Crippen molar-refractivity contribution in [2.24, 2.45) is 0 Å². The van der Waals surface area contributed by atoms with E-state index < -0.39 is 0 Å². The molecule has 0 bridgehead atoms. The van der Waals surface area contributed by atoms with Gasteiger partial charge >= 0.3 is 0 Å². The lowest BCUT2D eigenvalue weighted by Gasteiger charge is -2.27. The molecule has 0 amide bonds. The summed E-state index contributed by atoms with van der Waals surface area (Å²) in [5.41, 5.74) is 0.982. The molecule has 0 spiro atoms. The number of Topliss-reactive ketones (excluding diaryl/α,β-unsaturated/α-hetero) is 1. The molecule has 1 heterocycles. The van der Waals surface area contributed by atoms with Crippen LogP contribution in [0.3, 0.4) is 0 Å². The molecule has 110 valence electrons. The van der Waals surface area contributed by atoms with E-state index in [-0.39, 0.29) is 18.2 Å². The van der Waals surface area contributed by atoms with Gasteiger partial charge in [-0.05, 0) is 43.9 Å². The van der Waals surface area contributed by atoms with Crippen LogP contribution in [-0.4, -0.2) is 25.8 Å².